The summed E-state index contributed by atoms with van der Waals surface area (Å²) >= 11 is 0. The number of pyridine rings is 1. The number of nitrogens with zero attached hydrogens (tertiary/aromatic N) is 1. The molecule has 0 saturated carbocycles. The van der Waals surface area contributed by atoms with Crippen molar-refractivity contribution >= 4 is 12.1 Å². The standard InChI is InChI=1S/C14H15FN2O.CH4N2O/c1-10-5-4-8-17-14(10)18-9-11-12(15)6-3-7-13(11)16-2;2-3-1-4/h3-8,16H,9H2,1-2H3;1H,2H2,(H,3,4). The van der Waals surface area contributed by atoms with Gasteiger partial charge in [0.1, 0.15) is 12.4 Å². The van der Waals surface area contributed by atoms with Gasteiger partial charge in [-0.2, -0.15) is 0 Å². The van der Waals surface area contributed by atoms with Gasteiger partial charge in [-0.3, -0.25) is 10.2 Å². The van der Waals surface area contributed by atoms with Gasteiger partial charge in [-0.1, -0.05) is 12.1 Å². The minimum atomic E-state index is -0.282. The number of benzene rings is 1. The average molecular weight is 306 g/mol. The summed E-state index contributed by atoms with van der Waals surface area (Å²) in [5.74, 6) is 4.66. The monoisotopic (exact) mass is 306 g/mol. The van der Waals surface area contributed by atoms with Gasteiger partial charge in [0.25, 0.3) is 0 Å². The van der Waals surface area contributed by atoms with Crippen LogP contribution in [0.3, 0.4) is 0 Å². The second kappa shape index (κ2) is 9.30. The summed E-state index contributed by atoms with van der Waals surface area (Å²) in [4.78, 5) is 13.1. The Balaban J connectivity index is 0.000000541. The summed E-state index contributed by atoms with van der Waals surface area (Å²) in [7, 11) is 1.75. The molecule has 7 heteroatoms. The Kier molecular flexibility index (Phi) is 7.35. The molecule has 0 radical (unpaired) electrons. The van der Waals surface area contributed by atoms with Crippen LogP contribution in [-0.2, 0) is 11.4 Å². The van der Waals surface area contributed by atoms with Gasteiger partial charge in [-0.05, 0) is 25.1 Å². The van der Waals surface area contributed by atoms with Gasteiger partial charge in [0, 0.05) is 30.1 Å². The number of carbonyl (C=O) groups excluding carboxylic acids is 1. The molecule has 1 aromatic heterocycles. The van der Waals surface area contributed by atoms with Crippen molar-refractivity contribution in [2.45, 2.75) is 13.5 Å². The van der Waals surface area contributed by atoms with Crippen LogP contribution in [-0.4, -0.2) is 18.4 Å². The maximum absolute atomic E-state index is 13.7. The lowest BCUT2D eigenvalue weighted by atomic mass is 10.2. The first-order valence-corrected chi connectivity index (χ1v) is 6.53. The lowest BCUT2D eigenvalue weighted by Gasteiger charge is -2.12. The first-order valence-electron chi connectivity index (χ1n) is 6.53. The molecule has 0 unspecified atom stereocenters. The van der Waals surface area contributed by atoms with Gasteiger partial charge in [-0.15, -0.1) is 0 Å². The number of hydrogen-bond donors (Lipinski definition) is 3. The molecule has 0 aliphatic heterocycles. The zero-order chi connectivity index (χ0) is 16.4. The van der Waals surface area contributed by atoms with E-state index in [1.807, 2.05) is 25.1 Å². The van der Waals surface area contributed by atoms with Crippen molar-refractivity contribution in [3.8, 4) is 5.88 Å². The third-order valence-electron chi connectivity index (χ3n) is 2.77. The number of anilines is 1. The van der Waals surface area contributed by atoms with Crippen molar-refractivity contribution < 1.29 is 13.9 Å². The van der Waals surface area contributed by atoms with E-state index in [0.717, 1.165) is 11.3 Å². The summed E-state index contributed by atoms with van der Waals surface area (Å²) in [5, 5.41) is 2.95. The van der Waals surface area contributed by atoms with E-state index in [4.69, 9.17) is 9.53 Å². The molecule has 22 heavy (non-hydrogen) atoms. The summed E-state index contributed by atoms with van der Waals surface area (Å²) in [6.07, 6.45) is 2.06. The number of hydrazine groups is 1. The molecule has 2 rings (SSSR count). The molecule has 1 heterocycles. The van der Waals surface area contributed by atoms with Crippen molar-refractivity contribution in [2.24, 2.45) is 5.84 Å². The van der Waals surface area contributed by atoms with Gasteiger partial charge in [0.05, 0.1) is 0 Å². The van der Waals surface area contributed by atoms with Crippen LogP contribution in [0.4, 0.5) is 10.1 Å². The molecular weight excluding hydrogens is 287 g/mol. The van der Waals surface area contributed by atoms with Crippen LogP contribution in [0.1, 0.15) is 11.1 Å². The first kappa shape index (κ1) is 17.4. The lowest BCUT2D eigenvalue weighted by molar-refractivity contribution is -0.109. The summed E-state index contributed by atoms with van der Waals surface area (Å²) in [6, 6.07) is 8.64. The van der Waals surface area contributed by atoms with Gasteiger partial charge in [-0.25, -0.2) is 15.2 Å². The van der Waals surface area contributed by atoms with E-state index in [9.17, 15) is 4.39 Å². The molecule has 4 N–H and O–H groups in total. The molecule has 1 aromatic carbocycles. The fraction of sp³-hybridized carbons (Fsp3) is 0.200. The quantitative estimate of drug-likeness (QED) is 0.339. The summed E-state index contributed by atoms with van der Waals surface area (Å²) in [6.45, 7) is 2.06. The predicted molar refractivity (Wildman–Crippen MR) is 82.6 cm³/mol. The van der Waals surface area contributed by atoms with Crippen molar-refractivity contribution in [1.82, 2.24) is 10.4 Å². The number of amides is 1. The molecule has 2 aromatic rings. The number of ether oxygens (including phenoxy) is 1. The Bertz CT molecular complexity index is 608. The molecule has 0 saturated heterocycles. The maximum Gasteiger partial charge on any atom is 0.221 e. The normalized spacial score (nSPS) is 9.27. The zero-order valence-electron chi connectivity index (χ0n) is 12.5. The van der Waals surface area contributed by atoms with Crippen molar-refractivity contribution in [3.05, 3.63) is 53.5 Å². The van der Waals surface area contributed by atoms with Crippen molar-refractivity contribution in [2.75, 3.05) is 12.4 Å². The van der Waals surface area contributed by atoms with Crippen LogP contribution in [0.15, 0.2) is 36.5 Å². The van der Waals surface area contributed by atoms with Gasteiger partial charge in [0.2, 0.25) is 12.3 Å². The molecule has 0 fully saturated rings. The minimum Gasteiger partial charge on any atom is -0.472 e. The lowest BCUT2D eigenvalue weighted by Crippen LogP contribution is -2.18. The van der Waals surface area contributed by atoms with Crippen LogP contribution >= 0.6 is 0 Å². The van der Waals surface area contributed by atoms with Crippen molar-refractivity contribution in [3.63, 3.8) is 0 Å². The minimum absolute atomic E-state index is 0.153. The highest BCUT2D eigenvalue weighted by atomic mass is 19.1. The van der Waals surface area contributed by atoms with Crippen LogP contribution < -0.4 is 21.3 Å². The first-order chi connectivity index (χ1) is 10.6. The third kappa shape index (κ3) is 5.02. The van der Waals surface area contributed by atoms with Gasteiger partial charge >= 0.3 is 0 Å². The summed E-state index contributed by atoms with van der Waals surface area (Å²) in [5.41, 5.74) is 3.91. The van der Waals surface area contributed by atoms with Crippen LogP contribution in [0.2, 0.25) is 0 Å². The second-order valence-corrected chi connectivity index (χ2v) is 4.21. The number of halogens is 1. The molecular formula is C15H19FN4O2. The zero-order valence-corrected chi connectivity index (χ0v) is 12.5. The number of carbonyl (C=O) groups is 1. The highest BCUT2D eigenvalue weighted by Crippen LogP contribution is 2.21. The smallest absolute Gasteiger partial charge is 0.221 e. The number of aryl methyl sites for hydroxylation is 1. The topological polar surface area (TPSA) is 89.3 Å². The third-order valence-corrected chi connectivity index (χ3v) is 2.77. The molecule has 6 nitrogen and oxygen atoms in total. The number of rotatable bonds is 5. The number of hydrogen-bond acceptors (Lipinski definition) is 5. The van der Waals surface area contributed by atoms with E-state index in [0.29, 0.717) is 17.9 Å². The highest BCUT2D eigenvalue weighted by Gasteiger charge is 2.09. The van der Waals surface area contributed by atoms with Gasteiger partial charge < -0.3 is 10.1 Å². The molecule has 0 aliphatic carbocycles. The number of aromatic nitrogens is 1. The van der Waals surface area contributed by atoms with Crippen LogP contribution in [0.25, 0.3) is 0 Å². The molecule has 118 valence electrons. The van der Waals surface area contributed by atoms with Crippen molar-refractivity contribution in [1.29, 1.82) is 0 Å². The van der Waals surface area contributed by atoms with Crippen LogP contribution in [0.5, 0.6) is 5.88 Å². The molecule has 0 aliphatic rings. The summed E-state index contributed by atoms with van der Waals surface area (Å²) < 4.78 is 19.3. The van der Waals surface area contributed by atoms with E-state index < -0.39 is 0 Å². The molecule has 0 spiro atoms. The molecule has 1 amide bonds. The Morgan fingerprint density at radius 2 is 2.09 bits per heavy atom. The number of nitrogens with one attached hydrogen (secondary N) is 2. The molecule has 0 bridgehead atoms. The fourth-order valence-corrected chi connectivity index (χ4v) is 1.70. The predicted octanol–water partition coefficient (Wildman–Crippen LogP) is 1.76. The Labute approximate surface area is 128 Å². The van der Waals surface area contributed by atoms with Crippen LogP contribution in [0, 0.1) is 12.7 Å². The number of nitrogens with two attached hydrogens (primary N) is 1. The fourth-order valence-electron chi connectivity index (χ4n) is 1.70. The van der Waals surface area contributed by atoms with E-state index in [-0.39, 0.29) is 12.4 Å². The Morgan fingerprint density at radius 3 is 2.68 bits per heavy atom. The van der Waals surface area contributed by atoms with E-state index in [1.165, 1.54) is 6.07 Å². The largest absolute Gasteiger partial charge is 0.472 e. The Hall–Kier alpha value is -2.67. The average Bonchev–Trinajstić information content (AvgIpc) is 2.55. The van der Waals surface area contributed by atoms with E-state index in [1.54, 1.807) is 24.7 Å². The second-order valence-electron chi connectivity index (χ2n) is 4.21. The maximum atomic E-state index is 13.7. The highest BCUT2D eigenvalue weighted by molar-refractivity contribution is 5.51. The Morgan fingerprint density at radius 1 is 1.36 bits per heavy atom. The van der Waals surface area contributed by atoms with Gasteiger partial charge in [0.15, 0.2) is 0 Å². The SMILES string of the molecule is CNc1cccc(F)c1COc1ncccc1C.NNC=O. The van der Waals surface area contributed by atoms with E-state index >= 15 is 0 Å². The molecule has 0 atom stereocenters. The van der Waals surface area contributed by atoms with E-state index in [2.05, 4.69) is 16.1 Å².